The van der Waals surface area contributed by atoms with Gasteiger partial charge in [0, 0.05) is 15.7 Å². The summed E-state index contributed by atoms with van der Waals surface area (Å²) in [6.07, 6.45) is 0. The van der Waals surface area contributed by atoms with Gasteiger partial charge in [0.25, 0.3) is 5.91 Å². The van der Waals surface area contributed by atoms with E-state index in [1.165, 1.54) is 0 Å². The highest BCUT2D eigenvalue weighted by Gasteiger charge is 2.11. The topological polar surface area (TPSA) is 67.0 Å². The molecule has 29 heavy (non-hydrogen) atoms. The van der Waals surface area contributed by atoms with Crippen molar-refractivity contribution >= 4 is 27.5 Å². The molecule has 1 amide bonds. The average Bonchev–Trinajstić information content (AvgIpc) is 3.25. The van der Waals surface area contributed by atoms with Crippen LogP contribution in [0.5, 0.6) is 5.75 Å². The van der Waals surface area contributed by atoms with E-state index in [0.29, 0.717) is 23.7 Å². The van der Waals surface area contributed by atoms with Gasteiger partial charge in [0.2, 0.25) is 0 Å². The van der Waals surface area contributed by atoms with E-state index in [-0.39, 0.29) is 5.91 Å². The third-order valence-corrected chi connectivity index (χ3v) is 4.85. The largest absolute Gasteiger partial charge is 0.489 e. The number of nitrogens with one attached hydrogen (secondary N) is 2. The molecule has 0 aliphatic heterocycles. The van der Waals surface area contributed by atoms with Crippen LogP contribution in [0.3, 0.4) is 0 Å². The molecule has 0 atom stereocenters. The van der Waals surface area contributed by atoms with E-state index in [9.17, 15) is 4.79 Å². The summed E-state index contributed by atoms with van der Waals surface area (Å²) in [5.74, 6) is 0.490. The van der Waals surface area contributed by atoms with Crippen LogP contribution in [-0.4, -0.2) is 16.1 Å². The fraction of sp³-hybridized carbons (Fsp3) is 0.0435. The molecule has 0 saturated heterocycles. The molecule has 6 heteroatoms. The molecule has 0 bridgehead atoms. The van der Waals surface area contributed by atoms with Crippen molar-refractivity contribution < 1.29 is 9.53 Å². The van der Waals surface area contributed by atoms with Crippen LogP contribution < -0.4 is 10.1 Å². The van der Waals surface area contributed by atoms with Crippen molar-refractivity contribution in [3.8, 4) is 17.0 Å². The van der Waals surface area contributed by atoms with Gasteiger partial charge >= 0.3 is 0 Å². The maximum Gasteiger partial charge on any atom is 0.273 e. The Balaban J connectivity index is 1.36. The maximum atomic E-state index is 12.5. The number of nitrogens with zero attached hydrogens (tertiary/aromatic N) is 1. The molecule has 0 spiro atoms. The summed E-state index contributed by atoms with van der Waals surface area (Å²) in [5.41, 5.74) is 3.83. The number of aromatic nitrogens is 2. The summed E-state index contributed by atoms with van der Waals surface area (Å²) in [4.78, 5) is 12.5. The van der Waals surface area contributed by atoms with Gasteiger partial charge in [-0.15, -0.1) is 0 Å². The van der Waals surface area contributed by atoms with Gasteiger partial charge in [-0.05, 0) is 48.0 Å². The van der Waals surface area contributed by atoms with Crippen molar-refractivity contribution in [2.45, 2.75) is 6.61 Å². The van der Waals surface area contributed by atoms with E-state index in [2.05, 4.69) is 31.4 Å². The Labute approximate surface area is 176 Å². The lowest BCUT2D eigenvalue weighted by atomic mass is 10.1. The van der Waals surface area contributed by atoms with Gasteiger partial charge < -0.3 is 10.1 Å². The Morgan fingerprint density at radius 1 is 0.966 bits per heavy atom. The number of hydrogen-bond donors (Lipinski definition) is 2. The number of ether oxygens (including phenoxy) is 1. The summed E-state index contributed by atoms with van der Waals surface area (Å²) in [5, 5.41) is 9.88. The Morgan fingerprint density at radius 3 is 2.41 bits per heavy atom. The molecule has 1 aromatic heterocycles. The number of halogens is 1. The minimum absolute atomic E-state index is 0.251. The van der Waals surface area contributed by atoms with E-state index >= 15 is 0 Å². The first-order chi connectivity index (χ1) is 14.2. The molecule has 0 aliphatic rings. The van der Waals surface area contributed by atoms with Crippen LogP contribution in [0.25, 0.3) is 11.3 Å². The smallest absolute Gasteiger partial charge is 0.273 e. The van der Waals surface area contributed by atoms with Gasteiger partial charge in [0.15, 0.2) is 0 Å². The second kappa shape index (κ2) is 8.75. The molecule has 2 N–H and O–H groups in total. The quantitative estimate of drug-likeness (QED) is 0.400. The maximum absolute atomic E-state index is 12.5. The van der Waals surface area contributed by atoms with Crippen molar-refractivity contribution in [2.75, 3.05) is 5.32 Å². The third kappa shape index (κ3) is 4.92. The minimum Gasteiger partial charge on any atom is -0.489 e. The Hall–Kier alpha value is -3.38. The van der Waals surface area contributed by atoms with Crippen LogP contribution in [0.4, 0.5) is 5.69 Å². The van der Waals surface area contributed by atoms with Gasteiger partial charge in [-0.2, -0.15) is 5.10 Å². The molecule has 4 aromatic rings. The van der Waals surface area contributed by atoms with Crippen LogP contribution in [0.2, 0.25) is 0 Å². The molecule has 5 nitrogen and oxygen atoms in total. The monoisotopic (exact) mass is 447 g/mol. The summed E-state index contributed by atoms with van der Waals surface area (Å²) in [7, 11) is 0. The van der Waals surface area contributed by atoms with Gasteiger partial charge in [-0.1, -0.05) is 58.4 Å². The van der Waals surface area contributed by atoms with Gasteiger partial charge in [-0.3, -0.25) is 9.89 Å². The first-order valence-corrected chi connectivity index (χ1v) is 9.86. The Kier molecular flexibility index (Phi) is 5.72. The lowest BCUT2D eigenvalue weighted by Crippen LogP contribution is -2.12. The number of anilines is 1. The molecule has 0 radical (unpaired) electrons. The van der Waals surface area contributed by atoms with Crippen LogP contribution in [0.15, 0.2) is 89.4 Å². The minimum atomic E-state index is -0.251. The van der Waals surface area contributed by atoms with E-state index < -0.39 is 0 Å². The third-order valence-electron chi connectivity index (χ3n) is 4.32. The standard InChI is InChI=1S/C23H18BrN3O2/c24-18-8-6-17(7-9-18)21-14-22(27-26-21)23(28)25-19-10-12-20(13-11-19)29-15-16-4-2-1-3-5-16/h1-14H,15H2,(H,25,28)(H,26,27). The predicted molar refractivity (Wildman–Crippen MR) is 117 cm³/mol. The average molecular weight is 448 g/mol. The molecule has 0 aliphatic carbocycles. The lowest BCUT2D eigenvalue weighted by molar-refractivity contribution is 0.102. The fourth-order valence-corrected chi connectivity index (χ4v) is 3.04. The normalized spacial score (nSPS) is 10.5. The first-order valence-electron chi connectivity index (χ1n) is 9.07. The van der Waals surface area contributed by atoms with Crippen molar-refractivity contribution in [1.82, 2.24) is 10.2 Å². The summed E-state index contributed by atoms with van der Waals surface area (Å²) in [6, 6.07) is 26.7. The number of carbonyl (C=O) groups excluding carboxylic acids is 1. The number of H-pyrrole nitrogens is 1. The highest BCUT2D eigenvalue weighted by atomic mass is 79.9. The second-order valence-corrected chi connectivity index (χ2v) is 7.34. The van der Waals surface area contributed by atoms with Crippen LogP contribution >= 0.6 is 15.9 Å². The highest BCUT2D eigenvalue weighted by molar-refractivity contribution is 9.10. The van der Waals surface area contributed by atoms with E-state index in [1.54, 1.807) is 6.07 Å². The van der Waals surface area contributed by atoms with E-state index in [0.717, 1.165) is 21.3 Å². The molecule has 0 unspecified atom stereocenters. The van der Waals surface area contributed by atoms with Crippen molar-refractivity contribution in [2.24, 2.45) is 0 Å². The molecule has 144 valence electrons. The van der Waals surface area contributed by atoms with Gasteiger partial charge in [0.05, 0.1) is 5.69 Å². The summed E-state index contributed by atoms with van der Waals surface area (Å²) < 4.78 is 6.76. The number of rotatable bonds is 6. The summed E-state index contributed by atoms with van der Waals surface area (Å²) >= 11 is 3.41. The summed E-state index contributed by atoms with van der Waals surface area (Å²) in [6.45, 7) is 0.500. The molecule has 4 rings (SSSR count). The SMILES string of the molecule is O=C(Nc1ccc(OCc2ccccc2)cc1)c1cc(-c2ccc(Br)cc2)n[nH]1. The number of hydrogen-bond acceptors (Lipinski definition) is 3. The number of benzene rings is 3. The van der Waals surface area contributed by atoms with E-state index in [4.69, 9.17) is 4.74 Å². The van der Waals surface area contributed by atoms with E-state index in [1.807, 2.05) is 78.9 Å². The number of carbonyl (C=O) groups is 1. The Morgan fingerprint density at radius 2 is 1.69 bits per heavy atom. The van der Waals surface area contributed by atoms with Gasteiger partial charge in [0.1, 0.15) is 18.1 Å². The zero-order valence-electron chi connectivity index (χ0n) is 15.4. The first kappa shape index (κ1) is 19.0. The molecular formula is C23H18BrN3O2. The molecule has 1 heterocycles. The zero-order chi connectivity index (χ0) is 20.1. The highest BCUT2D eigenvalue weighted by Crippen LogP contribution is 2.21. The van der Waals surface area contributed by atoms with Crippen molar-refractivity contribution in [1.29, 1.82) is 0 Å². The fourth-order valence-electron chi connectivity index (χ4n) is 2.78. The van der Waals surface area contributed by atoms with Crippen LogP contribution in [0.1, 0.15) is 16.1 Å². The van der Waals surface area contributed by atoms with Gasteiger partial charge in [-0.25, -0.2) is 0 Å². The molecule has 3 aromatic carbocycles. The number of aromatic amines is 1. The van der Waals surface area contributed by atoms with Crippen LogP contribution in [-0.2, 0) is 6.61 Å². The molecule has 0 fully saturated rings. The van der Waals surface area contributed by atoms with Crippen molar-refractivity contribution in [3.63, 3.8) is 0 Å². The molecular weight excluding hydrogens is 430 g/mol. The van der Waals surface area contributed by atoms with Crippen LogP contribution in [0, 0.1) is 0 Å². The van der Waals surface area contributed by atoms with Crippen molar-refractivity contribution in [3.05, 3.63) is 101 Å². The number of amides is 1. The lowest BCUT2D eigenvalue weighted by Gasteiger charge is -2.08. The Bertz CT molecular complexity index is 1090. The predicted octanol–water partition coefficient (Wildman–Crippen LogP) is 5.67. The molecule has 0 saturated carbocycles. The second-order valence-electron chi connectivity index (χ2n) is 6.43. The zero-order valence-corrected chi connectivity index (χ0v) is 17.0.